The van der Waals surface area contributed by atoms with Gasteiger partial charge in [-0.15, -0.1) is 0 Å². The minimum atomic E-state index is -0.542. The van der Waals surface area contributed by atoms with Crippen LogP contribution in [-0.2, 0) is 0 Å². The molecule has 3 aromatic rings. The first-order valence-electron chi connectivity index (χ1n) is 6.20. The van der Waals surface area contributed by atoms with Gasteiger partial charge in [-0.3, -0.25) is 4.79 Å². The molecule has 1 heterocycles. The van der Waals surface area contributed by atoms with Crippen LogP contribution in [0.15, 0.2) is 52.1 Å². The summed E-state index contributed by atoms with van der Waals surface area (Å²) in [4.78, 5) is 27.5. The predicted molar refractivity (Wildman–Crippen MR) is 81.7 cm³/mol. The predicted octanol–water partition coefficient (Wildman–Crippen LogP) is 2.34. The number of fused-ring (bicyclic) bond motifs is 1. The number of methoxy groups -OCH3 is 1. The van der Waals surface area contributed by atoms with E-state index >= 15 is 0 Å². The molecule has 5 nitrogen and oxygen atoms in total. The molecule has 0 saturated heterocycles. The van der Waals surface area contributed by atoms with Crippen LogP contribution < -0.4 is 16.0 Å². The van der Waals surface area contributed by atoms with Gasteiger partial charge in [0, 0.05) is 5.02 Å². The second-order valence-corrected chi connectivity index (χ2v) is 4.87. The zero-order chi connectivity index (χ0) is 15.0. The number of benzene rings is 2. The topological polar surface area (TPSA) is 64.1 Å². The number of H-pyrrole nitrogens is 1. The summed E-state index contributed by atoms with van der Waals surface area (Å²) in [5.41, 5.74) is -0.166. The Morgan fingerprint density at radius 2 is 1.90 bits per heavy atom. The van der Waals surface area contributed by atoms with E-state index in [0.717, 1.165) is 4.57 Å². The Balaban J connectivity index is 2.41. The summed E-state index contributed by atoms with van der Waals surface area (Å²) in [6.07, 6.45) is 0. The fourth-order valence-electron chi connectivity index (χ4n) is 2.23. The van der Waals surface area contributed by atoms with Crippen LogP contribution >= 0.6 is 11.6 Å². The first-order chi connectivity index (χ1) is 10.1. The number of halogens is 1. The SMILES string of the molecule is COc1cccc2c(=O)n(-c3cccc(Cl)c3)c(=O)[nH]c12. The van der Waals surface area contributed by atoms with Gasteiger partial charge in [0.15, 0.2) is 0 Å². The van der Waals surface area contributed by atoms with Gasteiger partial charge < -0.3 is 9.72 Å². The van der Waals surface area contributed by atoms with Crippen LogP contribution in [0.1, 0.15) is 0 Å². The molecule has 0 amide bonds. The third kappa shape index (κ3) is 2.21. The number of hydrogen-bond donors (Lipinski definition) is 1. The van der Waals surface area contributed by atoms with Gasteiger partial charge in [0.05, 0.1) is 23.7 Å². The number of rotatable bonds is 2. The number of nitrogens with one attached hydrogen (secondary N) is 1. The molecule has 0 saturated carbocycles. The van der Waals surface area contributed by atoms with Crippen molar-refractivity contribution in [2.75, 3.05) is 7.11 Å². The fraction of sp³-hybridized carbons (Fsp3) is 0.0667. The minimum Gasteiger partial charge on any atom is -0.495 e. The highest BCUT2D eigenvalue weighted by molar-refractivity contribution is 6.30. The van der Waals surface area contributed by atoms with Crippen molar-refractivity contribution < 1.29 is 4.74 Å². The van der Waals surface area contributed by atoms with Crippen molar-refractivity contribution in [2.45, 2.75) is 0 Å². The lowest BCUT2D eigenvalue weighted by molar-refractivity contribution is 0.418. The molecule has 1 aromatic heterocycles. The summed E-state index contributed by atoms with van der Waals surface area (Å²) >= 11 is 5.92. The van der Waals surface area contributed by atoms with Crippen LogP contribution in [-0.4, -0.2) is 16.7 Å². The first-order valence-corrected chi connectivity index (χ1v) is 6.57. The highest BCUT2D eigenvalue weighted by Crippen LogP contribution is 2.20. The van der Waals surface area contributed by atoms with Gasteiger partial charge in [0.25, 0.3) is 5.56 Å². The molecule has 6 heteroatoms. The number of hydrogen-bond acceptors (Lipinski definition) is 3. The lowest BCUT2D eigenvalue weighted by Crippen LogP contribution is -2.33. The molecule has 3 rings (SSSR count). The Labute approximate surface area is 124 Å². The molecular weight excluding hydrogens is 292 g/mol. The molecule has 1 N–H and O–H groups in total. The zero-order valence-corrected chi connectivity index (χ0v) is 11.8. The molecule has 21 heavy (non-hydrogen) atoms. The highest BCUT2D eigenvalue weighted by atomic mass is 35.5. The Bertz CT molecular complexity index is 944. The zero-order valence-electron chi connectivity index (χ0n) is 11.1. The van der Waals surface area contributed by atoms with Crippen LogP contribution in [0.25, 0.3) is 16.6 Å². The van der Waals surface area contributed by atoms with Crippen LogP contribution in [0.4, 0.5) is 0 Å². The van der Waals surface area contributed by atoms with Crippen molar-refractivity contribution in [1.29, 1.82) is 0 Å². The summed E-state index contributed by atoms with van der Waals surface area (Å²) in [6, 6.07) is 11.6. The maximum Gasteiger partial charge on any atom is 0.333 e. The third-order valence-electron chi connectivity index (χ3n) is 3.18. The molecule has 0 radical (unpaired) electrons. The minimum absolute atomic E-state index is 0.369. The molecule has 106 valence electrons. The Morgan fingerprint density at radius 1 is 1.14 bits per heavy atom. The maximum absolute atomic E-state index is 12.6. The number of aromatic amines is 1. The van der Waals surface area contributed by atoms with E-state index in [9.17, 15) is 9.59 Å². The van der Waals surface area contributed by atoms with Gasteiger partial charge in [-0.1, -0.05) is 23.7 Å². The summed E-state index contributed by atoms with van der Waals surface area (Å²) in [7, 11) is 1.48. The standard InChI is InChI=1S/C15H11ClN2O3/c1-21-12-7-3-6-11-13(12)17-15(20)18(14(11)19)10-5-2-4-9(16)8-10/h2-8H,1H3,(H,17,20). The molecular formula is C15H11ClN2O3. The van der Waals surface area contributed by atoms with Crippen molar-refractivity contribution in [3.63, 3.8) is 0 Å². The lowest BCUT2D eigenvalue weighted by Gasteiger charge is -2.09. The van der Waals surface area contributed by atoms with E-state index in [1.54, 1.807) is 42.5 Å². The van der Waals surface area contributed by atoms with E-state index in [-0.39, 0.29) is 0 Å². The number of nitrogens with zero attached hydrogens (tertiary/aromatic N) is 1. The molecule has 0 aliphatic carbocycles. The van der Waals surface area contributed by atoms with Crippen molar-refractivity contribution >= 4 is 22.5 Å². The quantitative estimate of drug-likeness (QED) is 0.790. The van der Waals surface area contributed by atoms with E-state index in [0.29, 0.717) is 27.4 Å². The lowest BCUT2D eigenvalue weighted by atomic mass is 10.2. The van der Waals surface area contributed by atoms with Gasteiger partial charge in [0.1, 0.15) is 5.75 Å². The molecule has 2 aromatic carbocycles. The Morgan fingerprint density at radius 3 is 2.62 bits per heavy atom. The van der Waals surface area contributed by atoms with Crippen LogP contribution in [0.5, 0.6) is 5.75 Å². The molecule has 0 unspecified atom stereocenters. The Kier molecular flexibility index (Phi) is 3.27. The average molecular weight is 303 g/mol. The molecule has 0 spiro atoms. The monoisotopic (exact) mass is 302 g/mol. The molecule has 0 bridgehead atoms. The van der Waals surface area contributed by atoms with E-state index in [4.69, 9.17) is 16.3 Å². The first kappa shape index (κ1) is 13.5. The summed E-state index contributed by atoms with van der Waals surface area (Å²) in [6.45, 7) is 0. The smallest absolute Gasteiger partial charge is 0.333 e. The third-order valence-corrected chi connectivity index (χ3v) is 3.42. The summed E-state index contributed by atoms with van der Waals surface area (Å²) in [5, 5.41) is 0.818. The van der Waals surface area contributed by atoms with Gasteiger partial charge in [-0.25, -0.2) is 9.36 Å². The van der Waals surface area contributed by atoms with Gasteiger partial charge in [0.2, 0.25) is 0 Å². The van der Waals surface area contributed by atoms with Crippen LogP contribution in [0.2, 0.25) is 5.02 Å². The van der Waals surface area contributed by atoms with Crippen molar-refractivity contribution in [3.8, 4) is 11.4 Å². The van der Waals surface area contributed by atoms with Gasteiger partial charge in [-0.05, 0) is 30.3 Å². The van der Waals surface area contributed by atoms with Crippen LogP contribution in [0, 0.1) is 0 Å². The maximum atomic E-state index is 12.6. The van der Waals surface area contributed by atoms with E-state index in [1.165, 1.54) is 7.11 Å². The van der Waals surface area contributed by atoms with Crippen molar-refractivity contribution in [2.24, 2.45) is 0 Å². The van der Waals surface area contributed by atoms with Gasteiger partial charge >= 0.3 is 5.69 Å². The summed E-state index contributed by atoms with van der Waals surface area (Å²) < 4.78 is 6.21. The molecule has 0 fully saturated rings. The number of ether oxygens (including phenoxy) is 1. The number of aromatic nitrogens is 2. The molecule has 0 aliphatic heterocycles. The van der Waals surface area contributed by atoms with Gasteiger partial charge in [-0.2, -0.15) is 0 Å². The highest BCUT2D eigenvalue weighted by Gasteiger charge is 2.12. The van der Waals surface area contributed by atoms with E-state index in [2.05, 4.69) is 4.98 Å². The average Bonchev–Trinajstić information content (AvgIpc) is 2.47. The molecule has 0 aliphatic rings. The van der Waals surface area contributed by atoms with E-state index in [1.807, 2.05) is 0 Å². The van der Waals surface area contributed by atoms with Crippen molar-refractivity contribution in [1.82, 2.24) is 9.55 Å². The largest absolute Gasteiger partial charge is 0.495 e. The van der Waals surface area contributed by atoms with E-state index < -0.39 is 11.2 Å². The molecule has 0 atom stereocenters. The number of para-hydroxylation sites is 1. The fourth-order valence-corrected chi connectivity index (χ4v) is 2.42. The normalized spacial score (nSPS) is 10.8. The second kappa shape index (κ2) is 5.10. The second-order valence-electron chi connectivity index (χ2n) is 4.43. The Hall–Kier alpha value is -2.53. The van der Waals surface area contributed by atoms with Crippen LogP contribution in [0.3, 0.4) is 0 Å². The van der Waals surface area contributed by atoms with Crippen molar-refractivity contribution in [3.05, 3.63) is 68.3 Å². The summed E-state index contributed by atoms with van der Waals surface area (Å²) in [5.74, 6) is 0.444.